The largest absolute Gasteiger partial charge is 0.462 e. The maximum absolute atomic E-state index is 13.1. The Bertz CT molecular complexity index is 677. The number of hydrogen-bond acceptors (Lipinski definition) is 4. The quantitative estimate of drug-likeness (QED) is 0.682. The van der Waals surface area contributed by atoms with Crippen molar-refractivity contribution in [2.75, 3.05) is 0 Å². The van der Waals surface area contributed by atoms with Crippen molar-refractivity contribution in [3.8, 4) is 0 Å². The summed E-state index contributed by atoms with van der Waals surface area (Å²) in [7, 11) is 0. The number of carbonyl (C=O) groups excluding carboxylic acids is 3. The molecule has 0 saturated heterocycles. The molecule has 0 aromatic carbocycles. The van der Waals surface area contributed by atoms with E-state index in [1.54, 1.807) is 0 Å². The van der Waals surface area contributed by atoms with Crippen LogP contribution in [0.5, 0.6) is 0 Å². The fourth-order valence-electron chi connectivity index (χ4n) is 6.48. The van der Waals surface area contributed by atoms with Crippen LogP contribution >= 0.6 is 0 Å². The van der Waals surface area contributed by atoms with Gasteiger partial charge in [-0.15, -0.1) is 0 Å². The highest BCUT2D eigenvalue weighted by Crippen LogP contribution is 2.63. The summed E-state index contributed by atoms with van der Waals surface area (Å²) in [5.74, 6) is 0.888. The maximum atomic E-state index is 13.1. The molecule has 0 radical (unpaired) electrons. The Hall–Kier alpha value is -1.45. The lowest BCUT2D eigenvalue weighted by molar-refractivity contribution is -0.149. The van der Waals surface area contributed by atoms with Crippen molar-refractivity contribution in [3.63, 3.8) is 0 Å². The van der Waals surface area contributed by atoms with Crippen molar-refractivity contribution in [1.29, 1.82) is 0 Å². The molecule has 4 heteroatoms. The van der Waals surface area contributed by atoms with Crippen LogP contribution in [0.3, 0.4) is 0 Å². The molecule has 0 spiro atoms. The molecule has 3 saturated carbocycles. The summed E-state index contributed by atoms with van der Waals surface area (Å²) in [5.41, 5.74) is 0.902. The van der Waals surface area contributed by atoms with Crippen LogP contribution < -0.4 is 0 Å². The third kappa shape index (κ3) is 2.36. The molecule has 0 aromatic heterocycles. The van der Waals surface area contributed by atoms with E-state index in [0.717, 1.165) is 32.1 Å². The van der Waals surface area contributed by atoms with Gasteiger partial charge in [0.1, 0.15) is 11.9 Å². The van der Waals surface area contributed by atoms with E-state index in [-0.39, 0.29) is 40.5 Å². The maximum Gasteiger partial charge on any atom is 0.302 e. The van der Waals surface area contributed by atoms with Gasteiger partial charge in [0.25, 0.3) is 0 Å². The predicted molar refractivity (Wildman–Crippen MR) is 92.7 cm³/mol. The first-order valence-corrected chi connectivity index (χ1v) is 9.71. The first kappa shape index (κ1) is 17.0. The lowest BCUT2D eigenvalue weighted by atomic mass is 9.48. The summed E-state index contributed by atoms with van der Waals surface area (Å²) in [5, 5.41) is 0. The Morgan fingerprint density at radius 1 is 1.08 bits per heavy atom. The van der Waals surface area contributed by atoms with Gasteiger partial charge in [-0.3, -0.25) is 14.4 Å². The molecule has 4 aliphatic rings. The van der Waals surface area contributed by atoms with Gasteiger partial charge in [-0.1, -0.05) is 19.4 Å². The molecule has 4 aliphatic carbocycles. The van der Waals surface area contributed by atoms with Crippen molar-refractivity contribution in [3.05, 3.63) is 11.6 Å². The fraction of sp³-hybridized carbons (Fsp3) is 0.762. The molecule has 3 fully saturated rings. The number of esters is 1. The van der Waals surface area contributed by atoms with E-state index in [1.165, 1.54) is 12.5 Å². The minimum absolute atomic E-state index is 0.00391. The van der Waals surface area contributed by atoms with E-state index in [1.807, 2.05) is 6.08 Å². The van der Waals surface area contributed by atoms with E-state index in [2.05, 4.69) is 13.8 Å². The topological polar surface area (TPSA) is 60.4 Å². The fourth-order valence-corrected chi connectivity index (χ4v) is 6.48. The van der Waals surface area contributed by atoms with Gasteiger partial charge in [0, 0.05) is 31.1 Å². The first-order valence-electron chi connectivity index (χ1n) is 9.71. The summed E-state index contributed by atoms with van der Waals surface area (Å²) >= 11 is 0. The van der Waals surface area contributed by atoms with Crippen LogP contribution in [0.25, 0.3) is 0 Å². The Morgan fingerprint density at radius 3 is 2.48 bits per heavy atom. The van der Waals surface area contributed by atoms with Crippen LogP contribution in [0.4, 0.5) is 0 Å². The molecule has 25 heavy (non-hydrogen) atoms. The van der Waals surface area contributed by atoms with Crippen molar-refractivity contribution in [2.24, 2.45) is 28.6 Å². The van der Waals surface area contributed by atoms with Crippen molar-refractivity contribution >= 4 is 17.5 Å². The second kappa shape index (κ2) is 5.52. The Labute approximate surface area is 149 Å². The van der Waals surface area contributed by atoms with Crippen LogP contribution in [-0.2, 0) is 19.1 Å². The first-order chi connectivity index (χ1) is 11.8. The Balaban J connectivity index is 1.67. The number of ketones is 2. The zero-order valence-electron chi connectivity index (χ0n) is 15.5. The van der Waals surface area contributed by atoms with Crippen molar-refractivity contribution in [1.82, 2.24) is 0 Å². The normalized spacial score (nSPS) is 46.0. The molecule has 0 bridgehead atoms. The molecule has 0 aliphatic heterocycles. The third-order valence-corrected chi connectivity index (χ3v) is 7.94. The summed E-state index contributed by atoms with van der Waals surface area (Å²) in [6, 6.07) is 0. The Kier molecular flexibility index (Phi) is 3.75. The molecular weight excluding hydrogens is 316 g/mol. The molecule has 0 amide bonds. The van der Waals surface area contributed by atoms with Gasteiger partial charge in [-0.2, -0.15) is 0 Å². The average Bonchev–Trinajstić information content (AvgIpc) is 2.84. The number of hydrogen-bond donors (Lipinski definition) is 0. The van der Waals surface area contributed by atoms with E-state index < -0.39 is 0 Å². The standard InChI is InChI=1S/C21H28O4/c1-12(22)25-14-6-8-20(2)13(10-14)11-17(23)19-15-4-5-18(24)21(15,3)9-7-16(19)20/h11,14-16,19H,4-10H2,1-3H3/t14-,15+,16-,19-,20-,21-/m0/s1. The number of fused-ring (bicyclic) bond motifs is 5. The Morgan fingerprint density at radius 2 is 1.76 bits per heavy atom. The second-order valence-corrected chi connectivity index (χ2v) is 9.12. The highest BCUT2D eigenvalue weighted by molar-refractivity contribution is 5.96. The van der Waals surface area contributed by atoms with Gasteiger partial charge < -0.3 is 4.74 Å². The lowest BCUT2D eigenvalue weighted by Gasteiger charge is -2.55. The zero-order valence-corrected chi connectivity index (χ0v) is 15.5. The zero-order chi connectivity index (χ0) is 18.0. The average molecular weight is 344 g/mol. The summed E-state index contributed by atoms with van der Waals surface area (Å²) in [6.07, 6.45) is 7.66. The minimum atomic E-state index is -0.284. The van der Waals surface area contributed by atoms with Crippen molar-refractivity contribution < 1.29 is 19.1 Å². The smallest absolute Gasteiger partial charge is 0.302 e. The number of Topliss-reactive ketones (excluding diaryl/α,β-unsaturated/α-hetero) is 1. The van der Waals surface area contributed by atoms with Gasteiger partial charge in [-0.25, -0.2) is 0 Å². The molecule has 136 valence electrons. The number of ether oxygens (including phenoxy) is 1. The van der Waals surface area contributed by atoms with Crippen molar-refractivity contribution in [2.45, 2.75) is 71.8 Å². The van der Waals surface area contributed by atoms with Crippen LogP contribution in [-0.4, -0.2) is 23.6 Å². The highest BCUT2D eigenvalue weighted by Gasteiger charge is 2.61. The second-order valence-electron chi connectivity index (χ2n) is 9.12. The van der Waals surface area contributed by atoms with Gasteiger partial charge in [-0.05, 0) is 55.4 Å². The van der Waals surface area contributed by atoms with E-state index in [9.17, 15) is 14.4 Å². The highest BCUT2D eigenvalue weighted by atomic mass is 16.5. The summed E-state index contributed by atoms with van der Waals surface area (Å²) < 4.78 is 5.42. The lowest BCUT2D eigenvalue weighted by Crippen LogP contribution is -2.53. The minimum Gasteiger partial charge on any atom is -0.462 e. The number of rotatable bonds is 1. The van der Waals surface area contributed by atoms with Crippen LogP contribution in [0.2, 0.25) is 0 Å². The predicted octanol–water partition coefficient (Wildman–Crippen LogP) is 3.63. The number of allylic oxidation sites excluding steroid dienone is 1. The molecule has 4 rings (SSSR count). The van der Waals surface area contributed by atoms with Gasteiger partial charge >= 0.3 is 5.97 Å². The monoisotopic (exact) mass is 344 g/mol. The molecule has 0 unspecified atom stereocenters. The van der Waals surface area contributed by atoms with Gasteiger partial charge in [0.05, 0.1) is 0 Å². The van der Waals surface area contributed by atoms with Crippen LogP contribution in [0, 0.1) is 28.6 Å². The molecule has 4 nitrogen and oxygen atoms in total. The third-order valence-electron chi connectivity index (χ3n) is 7.94. The SMILES string of the molecule is CC(=O)O[C@H]1CC[C@@]2(C)C(=CC(=O)[C@H]3[C@H]4CCC(=O)[C@@]4(C)CC[C@@H]32)C1. The van der Waals surface area contributed by atoms with Crippen LogP contribution in [0.1, 0.15) is 65.7 Å². The van der Waals surface area contributed by atoms with E-state index in [0.29, 0.717) is 24.5 Å². The molecule has 0 N–H and O–H groups in total. The molecule has 0 aromatic rings. The number of carbonyl (C=O) groups is 3. The van der Waals surface area contributed by atoms with E-state index >= 15 is 0 Å². The molecular formula is C21H28O4. The van der Waals surface area contributed by atoms with E-state index in [4.69, 9.17) is 4.74 Å². The molecule has 0 heterocycles. The summed E-state index contributed by atoms with van der Waals surface area (Å²) in [4.78, 5) is 36.8. The van der Waals surface area contributed by atoms with Crippen LogP contribution in [0.15, 0.2) is 11.6 Å². The van der Waals surface area contributed by atoms with Gasteiger partial charge in [0.2, 0.25) is 0 Å². The van der Waals surface area contributed by atoms with Gasteiger partial charge in [0.15, 0.2) is 5.78 Å². The molecule has 6 atom stereocenters. The summed E-state index contributed by atoms with van der Waals surface area (Å²) in [6.45, 7) is 5.84.